The normalized spacial score (nSPS) is 14.6. The summed E-state index contributed by atoms with van der Waals surface area (Å²) in [5.41, 5.74) is 1.52. The Morgan fingerprint density at radius 2 is 1.97 bits per heavy atom. The number of aryl methyl sites for hydroxylation is 1. The molecule has 0 spiro atoms. The third kappa shape index (κ3) is 5.88. The molecule has 3 rings (SSSR count). The van der Waals surface area contributed by atoms with Gasteiger partial charge in [0, 0.05) is 23.1 Å². The second-order valence-corrected chi connectivity index (χ2v) is 8.32. The van der Waals surface area contributed by atoms with Crippen molar-refractivity contribution in [2.75, 3.05) is 25.1 Å². The molecular formula is C20H24Cl3N5O2. The number of carbonyl (C=O) groups excluding carboxylic acids is 1. The molecule has 0 saturated carbocycles. The maximum Gasteiger partial charge on any atom is 0.411 e. The van der Waals surface area contributed by atoms with Crippen LogP contribution in [0, 0.1) is 6.92 Å². The lowest BCUT2D eigenvalue weighted by atomic mass is 10.1. The van der Waals surface area contributed by atoms with Crippen molar-refractivity contribution >= 4 is 46.7 Å². The van der Waals surface area contributed by atoms with E-state index >= 15 is 0 Å². The highest BCUT2D eigenvalue weighted by molar-refractivity contribution is 6.35. The van der Waals surface area contributed by atoms with Gasteiger partial charge in [-0.3, -0.25) is 5.32 Å². The van der Waals surface area contributed by atoms with Crippen molar-refractivity contribution in [3.8, 4) is 0 Å². The monoisotopic (exact) mass is 471 g/mol. The molecule has 1 aromatic carbocycles. The van der Waals surface area contributed by atoms with Crippen LogP contribution in [-0.2, 0) is 11.3 Å². The molecule has 1 fully saturated rings. The van der Waals surface area contributed by atoms with Crippen LogP contribution in [0.2, 0.25) is 15.1 Å². The molecule has 0 unspecified atom stereocenters. The molecule has 0 aliphatic carbocycles. The minimum atomic E-state index is -0.302. The topological polar surface area (TPSA) is 79.4 Å². The summed E-state index contributed by atoms with van der Waals surface area (Å²) >= 11 is 18.7. The molecular weight excluding hydrogens is 449 g/mol. The molecule has 1 aliphatic rings. The van der Waals surface area contributed by atoms with E-state index in [0.717, 1.165) is 31.5 Å². The number of aromatic nitrogens is 2. The summed E-state index contributed by atoms with van der Waals surface area (Å²) in [6.45, 7) is 5.69. The van der Waals surface area contributed by atoms with E-state index < -0.39 is 0 Å². The van der Waals surface area contributed by atoms with Crippen molar-refractivity contribution in [2.45, 2.75) is 39.3 Å². The van der Waals surface area contributed by atoms with Crippen LogP contribution in [0.3, 0.4) is 0 Å². The molecule has 162 valence electrons. The number of rotatable bonds is 7. The van der Waals surface area contributed by atoms with Crippen LogP contribution >= 0.6 is 34.8 Å². The van der Waals surface area contributed by atoms with Gasteiger partial charge < -0.3 is 15.0 Å². The fourth-order valence-corrected chi connectivity index (χ4v) is 3.91. The van der Waals surface area contributed by atoms with Gasteiger partial charge >= 0.3 is 6.09 Å². The lowest BCUT2D eigenvalue weighted by Crippen LogP contribution is -2.31. The number of nitrogens with zero attached hydrogens (tertiary/aromatic N) is 3. The van der Waals surface area contributed by atoms with Crippen molar-refractivity contribution < 1.29 is 9.53 Å². The first-order valence-corrected chi connectivity index (χ1v) is 10.9. The molecule has 1 amide bonds. The standard InChI is InChI=1S/C20H24Cl3N5O2/c1-12(15-6-5-14(21)9-16(15)22)26-19-18(23)13(2)25-17(27-19)10-24-11-30-20(29)28-7-3-4-8-28/h5-6,9,12,24H,3-4,7-8,10-11H2,1-2H3,(H,25,26,27)/t12-/m1/s1. The summed E-state index contributed by atoms with van der Waals surface area (Å²) in [6, 6.07) is 5.19. The summed E-state index contributed by atoms with van der Waals surface area (Å²) < 4.78 is 5.23. The number of ether oxygens (including phenoxy) is 1. The Morgan fingerprint density at radius 3 is 2.67 bits per heavy atom. The summed E-state index contributed by atoms with van der Waals surface area (Å²) in [7, 11) is 0. The van der Waals surface area contributed by atoms with Crippen molar-refractivity contribution in [2.24, 2.45) is 0 Å². The Kier molecular flexibility index (Phi) is 7.99. The van der Waals surface area contributed by atoms with Gasteiger partial charge in [-0.1, -0.05) is 40.9 Å². The maximum atomic E-state index is 11.9. The molecule has 1 aromatic heterocycles. The first-order valence-electron chi connectivity index (χ1n) is 9.72. The molecule has 1 aliphatic heterocycles. The number of halogens is 3. The number of hydrogen-bond donors (Lipinski definition) is 2. The number of amides is 1. The van der Waals surface area contributed by atoms with Crippen LogP contribution < -0.4 is 10.6 Å². The Bertz CT molecular complexity index is 906. The van der Waals surface area contributed by atoms with Gasteiger partial charge in [0.15, 0.2) is 0 Å². The van der Waals surface area contributed by atoms with Crippen molar-refractivity contribution in [1.82, 2.24) is 20.2 Å². The number of benzene rings is 1. The van der Waals surface area contributed by atoms with E-state index in [-0.39, 0.29) is 18.9 Å². The van der Waals surface area contributed by atoms with E-state index in [2.05, 4.69) is 20.6 Å². The zero-order chi connectivity index (χ0) is 21.7. The van der Waals surface area contributed by atoms with Crippen LogP contribution in [-0.4, -0.2) is 40.8 Å². The van der Waals surface area contributed by atoms with E-state index in [1.807, 2.05) is 19.9 Å². The van der Waals surface area contributed by atoms with Gasteiger partial charge in [0.2, 0.25) is 0 Å². The SMILES string of the molecule is Cc1nc(CNCOC(=O)N2CCCC2)nc(N[C@H](C)c2ccc(Cl)cc2Cl)c1Cl. The van der Waals surface area contributed by atoms with Crippen LogP contribution in [0.25, 0.3) is 0 Å². The minimum absolute atomic E-state index is 0.0832. The summed E-state index contributed by atoms with van der Waals surface area (Å²) in [6.07, 6.45) is 1.75. The Balaban J connectivity index is 1.60. The summed E-state index contributed by atoms with van der Waals surface area (Å²) in [5, 5.41) is 7.89. The van der Waals surface area contributed by atoms with E-state index in [0.29, 0.717) is 38.9 Å². The molecule has 30 heavy (non-hydrogen) atoms. The van der Waals surface area contributed by atoms with Crippen LogP contribution in [0.4, 0.5) is 10.6 Å². The average molecular weight is 473 g/mol. The first-order chi connectivity index (χ1) is 14.3. The zero-order valence-electron chi connectivity index (χ0n) is 16.8. The molecule has 2 N–H and O–H groups in total. The number of carbonyl (C=O) groups is 1. The largest absolute Gasteiger partial charge is 0.433 e. The minimum Gasteiger partial charge on any atom is -0.433 e. The van der Waals surface area contributed by atoms with Gasteiger partial charge in [0.25, 0.3) is 0 Å². The predicted molar refractivity (Wildman–Crippen MR) is 119 cm³/mol. The lowest BCUT2D eigenvalue weighted by molar-refractivity contribution is 0.102. The van der Waals surface area contributed by atoms with E-state index in [1.165, 1.54) is 0 Å². The Labute approximate surface area is 191 Å². The van der Waals surface area contributed by atoms with E-state index in [1.54, 1.807) is 17.0 Å². The molecule has 2 heterocycles. The second kappa shape index (κ2) is 10.5. The smallest absolute Gasteiger partial charge is 0.411 e. The summed E-state index contributed by atoms with van der Waals surface area (Å²) in [5.74, 6) is 1.04. The Morgan fingerprint density at radius 1 is 1.23 bits per heavy atom. The predicted octanol–water partition coefficient (Wildman–Crippen LogP) is 5.20. The quantitative estimate of drug-likeness (QED) is 0.426. The van der Waals surface area contributed by atoms with E-state index in [4.69, 9.17) is 39.5 Å². The van der Waals surface area contributed by atoms with Crippen LogP contribution in [0.15, 0.2) is 18.2 Å². The van der Waals surface area contributed by atoms with Gasteiger partial charge in [0.05, 0.1) is 18.3 Å². The van der Waals surface area contributed by atoms with Gasteiger partial charge in [-0.25, -0.2) is 14.8 Å². The van der Waals surface area contributed by atoms with Gasteiger partial charge in [-0.2, -0.15) is 0 Å². The molecule has 7 nitrogen and oxygen atoms in total. The average Bonchev–Trinajstić information content (AvgIpc) is 3.23. The van der Waals surface area contributed by atoms with Crippen molar-refractivity contribution in [3.05, 3.63) is 50.3 Å². The molecule has 10 heteroatoms. The first kappa shape index (κ1) is 22.9. The fraction of sp³-hybridized carbons (Fsp3) is 0.450. The lowest BCUT2D eigenvalue weighted by Gasteiger charge is -2.19. The maximum absolute atomic E-state index is 11.9. The number of hydrogen-bond acceptors (Lipinski definition) is 6. The number of anilines is 1. The highest BCUT2D eigenvalue weighted by atomic mass is 35.5. The van der Waals surface area contributed by atoms with Crippen molar-refractivity contribution in [3.63, 3.8) is 0 Å². The molecule has 0 radical (unpaired) electrons. The third-order valence-electron chi connectivity index (χ3n) is 4.79. The highest BCUT2D eigenvalue weighted by Gasteiger charge is 2.19. The number of nitrogens with one attached hydrogen (secondary N) is 2. The molecule has 1 saturated heterocycles. The van der Waals surface area contributed by atoms with Gasteiger partial charge in [-0.05, 0) is 44.4 Å². The van der Waals surface area contributed by atoms with Gasteiger partial charge in [-0.15, -0.1) is 0 Å². The number of likely N-dealkylation sites (tertiary alicyclic amines) is 1. The van der Waals surface area contributed by atoms with Crippen molar-refractivity contribution in [1.29, 1.82) is 0 Å². The molecule has 0 bridgehead atoms. The second-order valence-electron chi connectivity index (χ2n) is 7.10. The van der Waals surface area contributed by atoms with Crippen LogP contribution in [0.1, 0.15) is 42.9 Å². The molecule has 2 aromatic rings. The zero-order valence-corrected chi connectivity index (χ0v) is 19.1. The molecule has 1 atom stereocenters. The van der Waals surface area contributed by atoms with E-state index in [9.17, 15) is 4.79 Å². The van der Waals surface area contributed by atoms with Gasteiger partial charge in [0.1, 0.15) is 23.4 Å². The Hall–Kier alpha value is -1.80. The third-order valence-corrected chi connectivity index (χ3v) is 5.81. The van der Waals surface area contributed by atoms with Crippen LogP contribution in [0.5, 0.6) is 0 Å². The fourth-order valence-electron chi connectivity index (χ4n) is 3.19. The highest BCUT2D eigenvalue weighted by Crippen LogP contribution is 2.31. The summed E-state index contributed by atoms with van der Waals surface area (Å²) in [4.78, 5) is 22.5.